The highest BCUT2D eigenvalue weighted by molar-refractivity contribution is 9.10. The second-order valence-electron chi connectivity index (χ2n) is 0.730. The lowest BCUT2D eigenvalue weighted by atomic mass is 11.9. The minimum Gasteiger partial charge on any atom is -0.810 e. The van der Waals surface area contributed by atoms with Gasteiger partial charge in [0.1, 0.15) is 0 Å². The predicted molar refractivity (Wildman–Crippen MR) is 21.4 cm³/mol. The molecule has 0 amide bonds. The normalized spacial score (nSPS) is 11.8. The van der Waals surface area contributed by atoms with Gasteiger partial charge in [-0.15, -0.1) is 0 Å². The average Bonchev–Trinajstić information content (AvgIpc) is 1.35. The number of rotatable bonds is 1. The number of hydrogen-bond acceptors (Lipinski definition) is 3. The molecule has 0 aromatic carbocycles. The summed E-state index contributed by atoms with van der Waals surface area (Å²) in [5, 5.41) is -0.472. The third-order valence-corrected chi connectivity index (χ3v) is 2.28. The Morgan fingerprint density at radius 3 is 1.83 bits per heavy atom. The molecule has 0 saturated carbocycles. The van der Waals surface area contributed by atoms with Crippen molar-refractivity contribution in [2.75, 3.05) is 5.07 Å². The summed E-state index contributed by atoms with van der Waals surface area (Å²) in [5.74, 6) is 0. The number of halogens is 1. The van der Waals surface area contributed by atoms with Crippen LogP contribution in [0.1, 0.15) is 0 Å². The van der Waals surface area contributed by atoms with Crippen LogP contribution in [0.4, 0.5) is 0 Å². The molecule has 0 aliphatic heterocycles. The molecule has 0 aromatic heterocycles. The van der Waals surface area contributed by atoms with Gasteiger partial charge in [0.25, 0.3) is 0 Å². The zero-order valence-electron chi connectivity index (χ0n) is 2.76. The Labute approximate surface area is 43.7 Å². The van der Waals surface area contributed by atoms with Crippen LogP contribution in [0.3, 0.4) is 0 Å². The van der Waals surface area contributed by atoms with E-state index in [-0.39, 0.29) is 0 Å². The maximum absolute atomic E-state index is 9.43. The number of alkyl halides is 1. The average molecular weight is 173 g/mol. The van der Waals surface area contributed by atoms with Gasteiger partial charge in [0.2, 0.25) is 0 Å². The Hall–Kier alpha value is 0.630. The van der Waals surface area contributed by atoms with Gasteiger partial charge in [-0.1, -0.05) is 23.5 Å². The van der Waals surface area contributed by atoms with Crippen molar-refractivity contribution in [1.29, 1.82) is 0 Å². The van der Waals surface area contributed by atoms with Crippen molar-refractivity contribution in [3.63, 3.8) is 0 Å². The Bertz CT molecular complexity index is 74.9. The molecule has 3 nitrogen and oxygen atoms in total. The van der Waals surface area contributed by atoms with Crippen LogP contribution in [-0.2, 0) is 4.57 Å². The van der Waals surface area contributed by atoms with Crippen LogP contribution in [0.2, 0.25) is 0 Å². The van der Waals surface area contributed by atoms with E-state index < -0.39 is 12.7 Å². The molecule has 0 spiro atoms. The summed E-state index contributed by atoms with van der Waals surface area (Å²) in [7, 11) is -4.23. The van der Waals surface area contributed by atoms with Crippen molar-refractivity contribution < 1.29 is 14.4 Å². The molecule has 0 bridgehead atoms. The molecule has 0 unspecified atom stereocenters. The standard InChI is InChI=1S/CH4BrO3P/c2-1-6(3,4)5/h1H2,(H2,3,4,5)/p-2. The summed E-state index contributed by atoms with van der Waals surface area (Å²) in [4.78, 5) is 18.9. The van der Waals surface area contributed by atoms with Crippen LogP contribution in [0.25, 0.3) is 0 Å². The smallest absolute Gasteiger partial charge is 0.0310 e. The molecule has 0 rings (SSSR count). The Morgan fingerprint density at radius 1 is 1.67 bits per heavy atom. The molecule has 0 heterocycles. The third-order valence-electron chi connectivity index (χ3n) is 0.146. The zero-order chi connectivity index (χ0) is 5.21. The van der Waals surface area contributed by atoms with Crippen LogP contribution in [0.15, 0.2) is 0 Å². The van der Waals surface area contributed by atoms with Crippen molar-refractivity contribution in [2.45, 2.75) is 0 Å². The Kier molecular flexibility index (Phi) is 2.29. The topological polar surface area (TPSA) is 63.2 Å². The molecule has 5 heteroatoms. The van der Waals surface area contributed by atoms with Gasteiger partial charge < -0.3 is 14.4 Å². The Morgan fingerprint density at radius 2 is 1.83 bits per heavy atom. The van der Waals surface area contributed by atoms with Gasteiger partial charge in [-0.3, -0.25) is 0 Å². The lowest BCUT2D eigenvalue weighted by Crippen LogP contribution is -2.13. The van der Waals surface area contributed by atoms with Crippen LogP contribution in [0.5, 0.6) is 0 Å². The SMILES string of the molecule is O=P([O-])([O-])CBr. The highest BCUT2D eigenvalue weighted by Gasteiger charge is 1.78. The van der Waals surface area contributed by atoms with E-state index in [0.717, 1.165) is 0 Å². The molecule has 38 valence electrons. The first-order chi connectivity index (χ1) is 2.56. The predicted octanol–water partition coefficient (Wildman–Crippen LogP) is -0.748. The van der Waals surface area contributed by atoms with E-state index in [9.17, 15) is 14.4 Å². The second-order valence-corrected chi connectivity index (χ2v) is 3.70. The Balaban J connectivity index is 3.48. The first-order valence-corrected chi connectivity index (χ1v) is 3.98. The van der Waals surface area contributed by atoms with E-state index in [0.29, 0.717) is 0 Å². The quantitative estimate of drug-likeness (QED) is 0.387. The van der Waals surface area contributed by atoms with E-state index >= 15 is 0 Å². The van der Waals surface area contributed by atoms with Gasteiger partial charge in [-0.05, 0) is 0 Å². The fourth-order valence-corrected chi connectivity index (χ4v) is 0. The van der Waals surface area contributed by atoms with Crippen molar-refractivity contribution in [2.24, 2.45) is 0 Å². The molecule has 0 N–H and O–H groups in total. The van der Waals surface area contributed by atoms with E-state index in [1.54, 1.807) is 0 Å². The minimum atomic E-state index is -4.23. The fourth-order valence-electron chi connectivity index (χ4n) is 0. The van der Waals surface area contributed by atoms with E-state index in [2.05, 4.69) is 15.9 Å². The van der Waals surface area contributed by atoms with Crippen molar-refractivity contribution in [1.82, 2.24) is 0 Å². The van der Waals surface area contributed by atoms with Gasteiger partial charge in [-0.2, -0.15) is 0 Å². The largest absolute Gasteiger partial charge is 0.810 e. The number of hydrogen-bond donors (Lipinski definition) is 0. The van der Waals surface area contributed by atoms with Gasteiger partial charge >= 0.3 is 0 Å². The minimum absolute atomic E-state index is 0.472. The first-order valence-electron chi connectivity index (χ1n) is 1.13. The van der Waals surface area contributed by atoms with Crippen molar-refractivity contribution in [3.05, 3.63) is 0 Å². The lowest BCUT2D eigenvalue weighted by Gasteiger charge is -2.25. The lowest BCUT2D eigenvalue weighted by molar-refractivity contribution is -0.311. The summed E-state index contributed by atoms with van der Waals surface area (Å²) in [6.45, 7) is 0. The van der Waals surface area contributed by atoms with E-state index in [1.807, 2.05) is 0 Å². The van der Waals surface area contributed by atoms with Crippen molar-refractivity contribution >= 4 is 23.5 Å². The first kappa shape index (κ1) is 6.63. The van der Waals surface area contributed by atoms with Gasteiger partial charge in [0.05, 0.1) is 0 Å². The van der Waals surface area contributed by atoms with Gasteiger partial charge in [0.15, 0.2) is 0 Å². The molecule has 0 saturated heterocycles. The molecular formula is CH2BrO3P-2. The van der Waals surface area contributed by atoms with Gasteiger partial charge in [0, 0.05) is 5.07 Å². The summed E-state index contributed by atoms with van der Waals surface area (Å²) >= 11 is 2.48. The van der Waals surface area contributed by atoms with Crippen LogP contribution in [0, 0.1) is 0 Å². The van der Waals surface area contributed by atoms with Crippen molar-refractivity contribution in [3.8, 4) is 0 Å². The van der Waals surface area contributed by atoms with Crippen LogP contribution < -0.4 is 9.79 Å². The zero-order valence-corrected chi connectivity index (χ0v) is 5.24. The van der Waals surface area contributed by atoms with E-state index in [4.69, 9.17) is 0 Å². The van der Waals surface area contributed by atoms with Crippen LogP contribution in [-0.4, -0.2) is 5.07 Å². The fraction of sp³-hybridized carbons (Fsp3) is 1.00. The van der Waals surface area contributed by atoms with Gasteiger partial charge in [-0.25, -0.2) is 0 Å². The molecule has 0 aromatic rings. The molecule has 6 heavy (non-hydrogen) atoms. The summed E-state index contributed by atoms with van der Waals surface area (Å²) < 4.78 is 9.43. The molecule has 0 atom stereocenters. The molecule has 0 radical (unpaired) electrons. The van der Waals surface area contributed by atoms with E-state index in [1.165, 1.54) is 0 Å². The summed E-state index contributed by atoms with van der Waals surface area (Å²) in [6, 6.07) is 0. The molecule has 0 aliphatic carbocycles. The summed E-state index contributed by atoms with van der Waals surface area (Å²) in [5.41, 5.74) is 0. The van der Waals surface area contributed by atoms with Crippen LogP contribution >= 0.6 is 23.5 Å². The maximum atomic E-state index is 9.43. The summed E-state index contributed by atoms with van der Waals surface area (Å²) in [6.07, 6.45) is 0. The maximum Gasteiger partial charge on any atom is 0.0310 e. The molecular weight excluding hydrogens is 171 g/mol. The highest BCUT2D eigenvalue weighted by Crippen LogP contribution is 2.24. The second kappa shape index (κ2) is 2.07. The molecule has 0 aliphatic rings. The monoisotopic (exact) mass is 172 g/mol. The highest BCUT2D eigenvalue weighted by atomic mass is 79.9. The third kappa shape index (κ3) is 4.63. The molecule has 0 fully saturated rings.